The summed E-state index contributed by atoms with van der Waals surface area (Å²) in [5.41, 5.74) is 15.2. The average molecular weight is 1070 g/mol. The van der Waals surface area contributed by atoms with E-state index in [2.05, 4.69) is 6.92 Å². The smallest absolute Gasteiger partial charge is 0.122 e. The summed E-state index contributed by atoms with van der Waals surface area (Å²) in [6.45, 7) is 29.7. The summed E-state index contributed by atoms with van der Waals surface area (Å²) in [5.74, 6) is 1.36. The Hall–Kier alpha value is -4.57. The second-order valence-electron chi connectivity index (χ2n) is 19.8. The van der Waals surface area contributed by atoms with Gasteiger partial charge in [-0.1, -0.05) is 85.3 Å². The number of aryl methyl sites for hydroxylation is 8. The van der Waals surface area contributed by atoms with Crippen LogP contribution in [0.2, 0.25) is 0 Å². The monoisotopic (exact) mass is 1070 g/mol. The maximum atomic E-state index is 11.3. The predicted octanol–water partition coefficient (Wildman–Crippen LogP) is 13.0. The summed E-state index contributed by atoms with van der Waals surface area (Å²) < 4.78 is 0. The molecule has 73 heavy (non-hydrogen) atoms. The van der Waals surface area contributed by atoms with E-state index in [1.807, 2.05) is 142 Å². The van der Waals surface area contributed by atoms with E-state index in [0.717, 1.165) is 101 Å². The van der Waals surface area contributed by atoms with Crippen molar-refractivity contribution in [3.8, 4) is 34.5 Å². The van der Waals surface area contributed by atoms with Crippen molar-refractivity contribution in [2.75, 3.05) is 0 Å². The Labute approximate surface area is 467 Å². The standard InChI is InChI=1S/C50H54O6.3C3H8O.C3H7.2Ti/c1-9-34-12-29(4)48(54)42(18-34)26-43-20-36(14-31(6)49(43)55)17-35-13-30(5)46(52)40(19-35)21-37-15-32(7)47(53)41(22-37)23-38-16-33(8)50(56)44(24-38)25-39-11-27(2)10-28(3)45(39)51;3*1-3(2)4;1-3-2;;/h10-16,18-20,22,24,51-56H,9,17,21,23,25-26H2,1-8H3;3*3-4H,1-2H3;3H,1-2H3;;/q;;;;-1;;. The van der Waals surface area contributed by atoms with Crippen LogP contribution in [0.1, 0.15) is 162 Å². The average Bonchev–Trinajstić information content (AvgIpc) is 3.25. The molecule has 9 N–H and O–H groups in total. The topological polar surface area (TPSA) is 182 Å². The molecule has 0 bridgehead atoms. The van der Waals surface area contributed by atoms with Crippen molar-refractivity contribution in [1.29, 1.82) is 0 Å². The minimum Gasteiger partial charge on any atom is -0.507 e. The summed E-state index contributed by atoms with van der Waals surface area (Å²) in [7, 11) is 0. The molecule has 0 aliphatic carbocycles. The molecule has 0 saturated heterocycles. The van der Waals surface area contributed by atoms with Gasteiger partial charge in [0.25, 0.3) is 0 Å². The molecule has 0 unspecified atom stereocenters. The van der Waals surface area contributed by atoms with Gasteiger partial charge in [-0.2, -0.15) is 13.8 Å². The first kappa shape index (κ1) is 68.4. The molecule has 0 aliphatic rings. The van der Waals surface area contributed by atoms with Crippen LogP contribution in [0.5, 0.6) is 34.5 Å². The van der Waals surface area contributed by atoms with Gasteiger partial charge in [-0.3, -0.25) is 0 Å². The molecule has 0 radical (unpaired) electrons. The minimum absolute atomic E-state index is 0. The number of aliphatic hydroxyl groups is 3. The maximum absolute atomic E-state index is 11.3. The zero-order chi connectivity index (χ0) is 54.0. The third kappa shape index (κ3) is 22.4. The van der Waals surface area contributed by atoms with Crippen molar-refractivity contribution in [1.82, 2.24) is 0 Å². The van der Waals surface area contributed by atoms with Crippen LogP contribution in [0.4, 0.5) is 0 Å². The van der Waals surface area contributed by atoms with Gasteiger partial charge in [-0.15, -0.1) is 0 Å². The third-order valence-corrected chi connectivity index (χ3v) is 11.1. The van der Waals surface area contributed by atoms with E-state index < -0.39 is 0 Å². The fraction of sp³-hybridized carbons (Fsp3) is 0.403. The third-order valence-electron chi connectivity index (χ3n) is 11.1. The van der Waals surface area contributed by atoms with Crippen molar-refractivity contribution in [3.05, 3.63) is 179 Å². The van der Waals surface area contributed by atoms with Crippen LogP contribution in [-0.4, -0.2) is 64.3 Å². The second-order valence-corrected chi connectivity index (χ2v) is 19.8. The van der Waals surface area contributed by atoms with Gasteiger partial charge in [0.1, 0.15) is 34.5 Å². The maximum Gasteiger partial charge on any atom is 0.122 e. The number of phenolic OH excluding ortho intramolecular Hbond substituents is 6. The molecule has 6 aromatic carbocycles. The van der Waals surface area contributed by atoms with Crippen molar-refractivity contribution in [3.63, 3.8) is 0 Å². The SMILES string of the molecule is CC(C)O.CC(C)O.CC(C)O.CCc1cc(C)c(O)c(Cc2cc(Cc3cc(C)c(O)c(Cc4cc(C)c(O)c(Cc5cc(C)c(O)c(Cc6cc(C)cc(C)c6O)c5)c4)c3)cc(C)c2O)c1.C[CH-]C.[Ti].[Ti]. The summed E-state index contributed by atoms with van der Waals surface area (Å²) >= 11 is 0. The van der Waals surface area contributed by atoms with E-state index >= 15 is 0 Å². The number of rotatable bonds is 11. The Morgan fingerprint density at radius 2 is 0.521 bits per heavy atom. The van der Waals surface area contributed by atoms with E-state index in [0.29, 0.717) is 37.7 Å². The number of aliphatic hydroxyl groups excluding tert-OH is 3. The van der Waals surface area contributed by atoms with Crippen molar-refractivity contribution in [2.24, 2.45) is 0 Å². The van der Waals surface area contributed by atoms with E-state index in [1.54, 1.807) is 41.5 Å². The van der Waals surface area contributed by atoms with Crippen LogP contribution >= 0.6 is 0 Å². The first-order chi connectivity index (χ1) is 33.1. The van der Waals surface area contributed by atoms with Crippen LogP contribution in [0.15, 0.2) is 72.8 Å². The largest absolute Gasteiger partial charge is 0.507 e. The van der Waals surface area contributed by atoms with Crippen LogP contribution < -0.4 is 0 Å². The van der Waals surface area contributed by atoms with Gasteiger partial charge in [-0.05, 0) is 197 Å². The molecule has 0 fully saturated rings. The van der Waals surface area contributed by atoms with E-state index in [1.165, 1.54) is 0 Å². The molecule has 6 aromatic rings. The zero-order valence-corrected chi connectivity index (χ0v) is 49.6. The summed E-state index contributed by atoms with van der Waals surface area (Å²) in [6.07, 6.45) is 4.60. The van der Waals surface area contributed by atoms with Crippen LogP contribution in [0.25, 0.3) is 0 Å². The summed E-state index contributed by atoms with van der Waals surface area (Å²) in [6, 6.07) is 23.7. The van der Waals surface area contributed by atoms with E-state index in [4.69, 9.17) is 15.3 Å². The van der Waals surface area contributed by atoms with Crippen molar-refractivity contribution in [2.45, 2.75) is 168 Å². The zero-order valence-electron chi connectivity index (χ0n) is 46.5. The molecule has 0 aromatic heterocycles. The van der Waals surface area contributed by atoms with Gasteiger partial charge in [0, 0.05) is 87.4 Å². The molecule has 0 heterocycles. The van der Waals surface area contributed by atoms with Crippen LogP contribution in [0, 0.1) is 54.9 Å². The minimum atomic E-state index is -0.167. The Morgan fingerprint density at radius 1 is 0.329 bits per heavy atom. The van der Waals surface area contributed by atoms with Gasteiger partial charge < -0.3 is 52.4 Å². The molecule has 0 spiro atoms. The molecule has 0 atom stereocenters. The Kier molecular flexibility index (Phi) is 30.6. The van der Waals surface area contributed by atoms with Crippen molar-refractivity contribution < 1.29 is 89.4 Å². The molecule has 0 saturated carbocycles. The molecule has 0 aliphatic heterocycles. The normalized spacial score (nSPS) is 10.4. The van der Waals surface area contributed by atoms with Crippen LogP contribution in [0.3, 0.4) is 0 Å². The fourth-order valence-electron chi connectivity index (χ4n) is 8.22. The van der Waals surface area contributed by atoms with E-state index in [-0.39, 0.29) is 96.2 Å². The molecule has 0 amide bonds. The Balaban J connectivity index is 0.00000270. The van der Waals surface area contributed by atoms with Gasteiger partial charge in [0.2, 0.25) is 0 Å². The Morgan fingerprint density at radius 3 is 0.781 bits per heavy atom. The van der Waals surface area contributed by atoms with Gasteiger partial charge >= 0.3 is 0 Å². The first-order valence-corrected chi connectivity index (χ1v) is 24.8. The Bertz CT molecular complexity index is 2650. The first-order valence-electron chi connectivity index (χ1n) is 24.8. The molecular formula is C62H85O9Ti2-. The number of hydrogen-bond acceptors (Lipinski definition) is 9. The quantitative estimate of drug-likeness (QED) is 0.0450. The summed E-state index contributed by atoms with van der Waals surface area (Å²) in [5, 5.41) is 90.3. The van der Waals surface area contributed by atoms with Crippen molar-refractivity contribution >= 4 is 0 Å². The fourth-order valence-corrected chi connectivity index (χ4v) is 8.22. The van der Waals surface area contributed by atoms with Gasteiger partial charge in [0.15, 0.2) is 0 Å². The predicted molar refractivity (Wildman–Crippen MR) is 293 cm³/mol. The summed E-state index contributed by atoms with van der Waals surface area (Å²) in [4.78, 5) is 0. The number of phenols is 6. The molecular weight excluding hydrogens is 984 g/mol. The molecule has 6 rings (SSSR count). The van der Waals surface area contributed by atoms with E-state index in [9.17, 15) is 30.6 Å². The van der Waals surface area contributed by atoms with Crippen LogP contribution in [-0.2, 0) is 82.0 Å². The van der Waals surface area contributed by atoms with Gasteiger partial charge in [0.05, 0.1) is 0 Å². The van der Waals surface area contributed by atoms with Gasteiger partial charge in [-0.25, -0.2) is 0 Å². The number of aromatic hydroxyl groups is 6. The number of benzene rings is 6. The molecule has 396 valence electrons. The number of hydrogen-bond donors (Lipinski definition) is 9. The second kappa shape index (κ2) is 32.7. The molecule has 9 nitrogen and oxygen atoms in total. The molecule has 11 heteroatoms.